The highest BCUT2D eigenvalue weighted by Gasteiger charge is 2.47. The van der Waals surface area contributed by atoms with Crippen molar-refractivity contribution in [1.82, 2.24) is 25.3 Å². The summed E-state index contributed by atoms with van der Waals surface area (Å²) in [6, 6.07) is 12.7. The van der Waals surface area contributed by atoms with Crippen LogP contribution in [0.3, 0.4) is 0 Å². The molecule has 0 radical (unpaired) electrons. The predicted molar refractivity (Wildman–Crippen MR) is 145 cm³/mol. The summed E-state index contributed by atoms with van der Waals surface area (Å²) in [6.07, 6.45) is 6.89. The zero-order valence-corrected chi connectivity index (χ0v) is 21.5. The number of nitrogens with zero attached hydrogens (tertiary/aromatic N) is 3. The van der Waals surface area contributed by atoms with Crippen molar-refractivity contribution in [3.63, 3.8) is 0 Å². The number of rotatable bonds is 7. The molecule has 2 aromatic carbocycles. The average Bonchev–Trinajstić information content (AvgIpc) is 3.46. The van der Waals surface area contributed by atoms with Gasteiger partial charge in [-0.2, -0.15) is 0 Å². The Bertz CT molecular complexity index is 1390. The van der Waals surface area contributed by atoms with Crippen LogP contribution in [0.15, 0.2) is 55.0 Å². The van der Waals surface area contributed by atoms with Crippen molar-refractivity contribution in [3.8, 4) is 22.4 Å². The number of amides is 1. The Kier molecular flexibility index (Phi) is 6.34. The molecular formula is C27H30N6O2S. The number of carbonyl (C=O) groups excluding carboxylic acids is 1. The summed E-state index contributed by atoms with van der Waals surface area (Å²) in [4.78, 5) is 28.4. The maximum absolute atomic E-state index is 11.9. The number of benzene rings is 2. The van der Waals surface area contributed by atoms with Gasteiger partial charge in [-0.1, -0.05) is 24.3 Å². The fourth-order valence-corrected chi connectivity index (χ4v) is 5.13. The molecule has 1 amide bonds. The molecule has 36 heavy (non-hydrogen) atoms. The van der Waals surface area contributed by atoms with E-state index in [9.17, 15) is 4.79 Å². The number of imidazole rings is 1. The molecule has 0 unspecified atom stereocenters. The fraction of sp³-hybridized carbons (Fsp3) is 0.333. The molecule has 0 aliphatic carbocycles. The van der Waals surface area contributed by atoms with Gasteiger partial charge in [0.25, 0.3) is 0 Å². The molecule has 8 nitrogen and oxygen atoms in total. The number of hydrogen-bond donors (Lipinski definition) is 3. The molecule has 4 N–H and O–H groups in total. The van der Waals surface area contributed by atoms with Crippen LogP contribution in [-0.4, -0.2) is 43.9 Å². The molecule has 9 heteroatoms. The van der Waals surface area contributed by atoms with Gasteiger partial charge in [0.05, 0.1) is 10.4 Å². The minimum atomic E-state index is -0.487. The van der Waals surface area contributed by atoms with Crippen LogP contribution in [0, 0.1) is 0 Å². The second-order valence-corrected chi connectivity index (χ2v) is 11.4. The van der Waals surface area contributed by atoms with Crippen LogP contribution < -0.4 is 11.1 Å². The molecule has 0 spiro atoms. The van der Waals surface area contributed by atoms with Crippen molar-refractivity contribution >= 4 is 34.6 Å². The number of anilines is 1. The summed E-state index contributed by atoms with van der Waals surface area (Å²) in [6.45, 7) is 6.17. The molecule has 0 bridgehead atoms. The Balaban J connectivity index is 1.24. The van der Waals surface area contributed by atoms with E-state index < -0.39 is 5.60 Å². The van der Waals surface area contributed by atoms with Crippen LogP contribution in [-0.2, 0) is 9.48 Å². The number of thioether (sulfide) groups is 1. The largest absolute Gasteiger partial charge is 0.444 e. The summed E-state index contributed by atoms with van der Waals surface area (Å²) in [5.74, 6) is 2.30. The number of nitrogen functional groups attached to an aromatic ring is 1. The Morgan fingerprint density at radius 2 is 1.78 bits per heavy atom. The molecule has 4 aromatic rings. The smallest absolute Gasteiger partial charge is 0.407 e. The van der Waals surface area contributed by atoms with Crippen LogP contribution >= 0.6 is 11.8 Å². The molecule has 1 fully saturated rings. The van der Waals surface area contributed by atoms with Crippen molar-refractivity contribution in [1.29, 1.82) is 0 Å². The van der Waals surface area contributed by atoms with Crippen LogP contribution in [0.4, 0.5) is 10.7 Å². The van der Waals surface area contributed by atoms with Gasteiger partial charge in [0.15, 0.2) is 0 Å². The molecule has 186 valence electrons. The van der Waals surface area contributed by atoms with Gasteiger partial charge in [-0.3, -0.25) is 0 Å². The first-order chi connectivity index (χ1) is 17.2. The molecule has 1 atom stereocenters. The summed E-state index contributed by atoms with van der Waals surface area (Å²) in [7, 11) is 0. The molecule has 3 heterocycles. The average molecular weight is 503 g/mol. The minimum Gasteiger partial charge on any atom is -0.444 e. The highest BCUT2D eigenvalue weighted by molar-refractivity contribution is 8.07. The Morgan fingerprint density at radius 3 is 2.44 bits per heavy atom. The van der Waals surface area contributed by atoms with Gasteiger partial charge in [0.2, 0.25) is 5.95 Å². The molecule has 5 rings (SSSR count). The maximum Gasteiger partial charge on any atom is 0.407 e. The molecule has 1 saturated heterocycles. The summed E-state index contributed by atoms with van der Waals surface area (Å²) in [5.41, 5.74) is 9.10. The number of aromatic amines is 1. The van der Waals surface area contributed by atoms with Gasteiger partial charge < -0.3 is 20.8 Å². The van der Waals surface area contributed by atoms with Gasteiger partial charge in [-0.05, 0) is 62.1 Å². The van der Waals surface area contributed by atoms with Gasteiger partial charge in [-0.15, -0.1) is 11.8 Å². The van der Waals surface area contributed by atoms with Crippen molar-refractivity contribution < 1.29 is 9.53 Å². The van der Waals surface area contributed by atoms with Crippen molar-refractivity contribution in [2.24, 2.45) is 0 Å². The van der Waals surface area contributed by atoms with Crippen LogP contribution in [0.25, 0.3) is 33.2 Å². The highest BCUT2D eigenvalue weighted by atomic mass is 32.2. The monoisotopic (exact) mass is 502 g/mol. The highest BCUT2D eigenvalue weighted by Crippen LogP contribution is 2.55. The maximum atomic E-state index is 11.9. The number of fused-ring (bicyclic) bond motifs is 1. The van der Waals surface area contributed by atoms with Gasteiger partial charge in [-0.25, -0.2) is 19.7 Å². The number of nitrogens with two attached hydrogens (primary N) is 1. The molecule has 1 aliphatic heterocycles. The third-order valence-electron chi connectivity index (χ3n) is 6.07. The van der Waals surface area contributed by atoms with Gasteiger partial charge >= 0.3 is 6.09 Å². The fourth-order valence-electron chi connectivity index (χ4n) is 4.14. The SMILES string of the molecule is CC(C)(C)OC(=O)NCCC[C@@]1(c2nc(-c3ccc4cc(-c5cnc(N)nc5)ccc4c3)c[nH]2)CS1. The van der Waals surface area contributed by atoms with E-state index in [1.165, 1.54) is 0 Å². The number of carbonyl (C=O) groups is 1. The third kappa shape index (κ3) is 5.46. The Morgan fingerprint density at radius 1 is 1.11 bits per heavy atom. The van der Waals surface area contributed by atoms with Gasteiger partial charge in [0.1, 0.15) is 11.4 Å². The van der Waals surface area contributed by atoms with E-state index in [2.05, 4.69) is 56.7 Å². The standard InChI is InChI=1S/C27H30N6O2S/c1-26(2,3)35-25(34)29-10-4-9-27(16-36-27)23-30-15-22(33-23)20-8-7-17-11-19(6-5-18(17)12-20)21-13-31-24(28)32-14-21/h5-8,11-15H,4,9-10,16H2,1-3H3,(H,29,34)(H,30,33)(H2,28,31,32)/t27-/m0/s1. The third-order valence-corrected chi connectivity index (χ3v) is 7.45. The number of hydrogen-bond acceptors (Lipinski definition) is 7. The number of H-pyrrole nitrogens is 1. The normalized spacial score (nSPS) is 17.2. The lowest BCUT2D eigenvalue weighted by Gasteiger charge is -2.19. The van der Waals surface area contributed by atoms with Gasteiger partial charge in [0, 0.05) is 42.0 Å². The van der Waals surface area contributed by atoms with E-state index in [0.717, 1.165) is 57.6 Å². The second-order valence-electron chi connectivity index (χ2n) is 10.1. The van der Waals surface area contributed by atoms with E-state index in [1.54, 1.807) is 12.4 Å². The van der Waals surface area contributed by atoms with Crippen molar-refractivity contribution in [3.05, 3.63) is 60.8 Å². The van der Waals surface area contributed by atoms with E-state index >= 15 is 0 Å². The number of alkyl carbamates (subject to hydrolysis) is 1. The van der Waals surface area contributed by atoms with Crippen LogP contribution in [0.5, 0.6) is 0 Å². The van der Waals surface area contributed by atoms with E-state index in [4.69, 9.17) is 15.5 Å². The van der Waals surface area contributed by atoms with Crippen LogP contribution in [0.1, 0.15) is 39.4 Å². The lowest BCUT2D eigenvalue weighted by Crippen LogP contribution is -2.33. The van der Waals surface area contributed by atoms with E-state index in [-0.39, 0.29) is 16.8 Å². The minimum absolute atomic E-state index is 0.000755. The summed E-state index contributed by atoms with van der Waals surface area (Å²) < 4.78 is 5.30. The Labute approximate surface area is 214 Å². The summed E-state index contributed by atoms with van der Waals surface area (Å²) in [5, 5.41) is 5.12. The Hall–Kier alpha value is -3.59. The zero-order valence-electron chi connectivity index (χ0n) is 20.7. The first-order valence-corrected chi connectivity index (χ1v) is 13.0. The molecule has 1 aliphatic rings. The zero-order chi connectivity index (χ0) is 25.3. The number of aromatic nitrogens is 4. The van der Waals surface area contributed by atoms with Crippen LogP contribution in [0.2, 0.25) is 0 Å². The topological polar surface area (TPSA) is 119 Å². The first-order valence-electron chi connectivity index (χ1n) is 12.0. The van der Waals surface area contributed by atoms with E-state index in [1.807, 2.05) is 38.7 Å². The lowest BCUT2D eigenvalue weighted by molar-refractivity contribution is 0.0526. The number of nitrogens with one attached hydrogen (secondary N) is 2. The first kappa shape index (κ1) is 24.1. The van der Waals surface area contributed by atoms with E-state index in [0.29, 0.717) is 6.54 Å². The molecule has 0 saturated carbocycles. The second kappa shape index (κ2) is 9.46. The molecular weight excluding hydrogens is 472 g/mol. The lowest BCUT2D eigenvalue weighted by atomic mass is 10.0. The quantitative estimate of drug-likeness (QED) is 0.225. The molecule has 2 aromatic heterocycles. The predicted octanol–water partition coefficient (Wildman–Crippen LogP) is 5.52. The summed E-state index contributed by atoms with van der Waals surface area (Å²) >= 11 is 1.89. The van der Waals surface area contributed by atoms with Crippen molar-refractivity contribution in [2.75, 3.05) is 18.0 Å². The van der Waals surface area contributed by atoms with Crippen molar-refractivity contribution in [2.45, 2.75) is 44.0 Å². The number of ether oxygens (including phenoxy) is 1.